The molecule has 1 fully saturated rings. The monoisotopic (exact) mass is 338 g/mol. The van der Waals surface area contributed by atoms with Gasteiger partial charge in [0.2, 0.25) is 0 Å². The van der Waals surface area contributed by atoms with Crippen LogP contribution in [0.5, 0.6) is 0 Å². The number of piperazine rings is 1. The van der Waals surface area contributed by atoms with Crippen molar-refractivity contribution >= 4 is 17.7 Å². The number of halogens is 1. The Morgan fingerprint density at radius 3 is 2.25 bits per heavy atom. The molecule has 1 aliphatic heterocycles. The first kappa shape index (κ1) is 18.0. The van der Waals surface area contributed by atoms with Gasteiger partial charge in [0.05, 0.1) is 12.7 Å². The van der Waals surface area contributed by atoms with Gasteiger partial charge in [0, 0.05) is 31.9 Å². The maximum atomic E-state index is 14.0. The highest BCUT2D eigenvalue weighted by atomic mass is 19.1. The van der Waals surface area contributed by atoms with Crippen LogP contribution in [-0.2, 0) is 9.47 Å². The summed E-state index contributed by atoms with van der Waals surface area (Å²) in [6.45, 7) is 7.60. The number of methoxy groups -OCH3 is 1. The van der Waals surface area contributed by atoms with Gasteiger partial charge >= 0.3 is 12.1 Å². The maximum Gasteiger partial charge on any atom is 0.410 e. The van der Waals surface area contributed by atoms with E-state index in [1.54, 1.807) is 11.0 Å². The molecule has 0 aliphatic carbocycles. The molecule has 24 heavy (non-hydrogen) atoms. The van der Waals surface area contributed by atoms with Gasteiger partial charge < -0.3 is 19.3 Å². The molecule has 2 rings (SSSR count). The molecule has 1 aromatic carbocycles. The lowest BCUT2D eigenvalue weighted by molar-refractivity contribution is 0.0240. The molecule has 0 spiro atoms. The molecule has 0 atom stereocenters. The summed E-state index contributed by atoms with van der Waals surface area (Å²) in [5.74, 6) is -1.32. The number of carbonyl (C=O) groups excluding carboxylic acids is 2. The Morgan fingerprint density at radius 2 is 1.75 bits per heavy atom. The van der Waals surface area contributed by atoms with Gasteiger partial charge in [-0.3, -0.25) is 0 Å². The van der Waals surface area contributed by atoms with Crippen LogP contribution in [-0.4, -0.2) is 55.9 Å². The second-order valence-electron chi connectivity index (χ2n) is 6.61. The van der Waals surface area contributed by atoms with E-state index in [-0.39, 0.29) is 11.7 Å². The van der Waals surface area contributed by atoms with Crippen molar-refractivity contribution in [1.29, 1.82) is 0 Å². The third kappa shape index (κ3) is 4.37. The lowest BCUT2D eigenvalue weighted by atomic mass is 10.1. The molecule has 1 aliphatic rings. The first-order chi connectivity index (χ1) is 11.2. The van der Waals surface area contributed by atoms with Crippen molar-refractivity contribution in [2.75, 3.05) is 38.2 Å². The van der Waals surface area contributed by atoms with Crippen LogP contribution in [0.25, 0.3) is 0 Å². The molecular weight excluding hydrogens is 315 g/mol. The fraction of sp³-hybridized carbons (Fsp3) is 0.529. The fourth-order valence-corrected chi connectivity index (χ4v) is 2.45. The number of nitrogens with zero attached hydrogens (tertiary/aromatic N) is 2. The van der Waals surface area contributed by atoms with Crippen LogP contribution in [0.2, 0.25) is 0 Å². The predicted molar refractivity (Wildman–Crippen MR) is 87.8 cm³/mol. The van der Waals surface area contributed by atoms with Gasteiger partial charge in [-0.25, -0.2) is 14.0 Å². The highest BCUT2D eigenvalue weighted by Crippen LogP contribution is 2.21. The summed E-state index contributed by atoms with van der Waals surface area (Å²) < 4.78 is 23.9. The third-order valence-corrected chi connectivity index (χ3v) is 3.65. The third-order valence-electron chi connectivity index (χ3n) is 3.65. The minimum Gasteiger partial charge on any atom is -0.465 e. The average molecular weight is 338 g/mol. The van der Waals surface area contributed by atoms with Crippen molar-refractivity contribution in [2.24, 2.45) is 0 Å². The number of ether oxygens (including phenoxy) is 2. The zero-order valence-electron chi connectivity index (χ0n) is 14.5. The average Bonchev–Trinajstić information content (AvgIpc) is 2.52. The Morgan fingerprint density at radius 1 is 1.12 bits per heavy atom. The van der Waals surface area contributed by atoms with Crippen molar-refractivity contribution in [3.63, 3.8) is 0 Å². The zero-order valence-corrected chi connectivity index (χ0v) is 14.5. The van der Waals surface area contributed by atoms with Crippen LogP contribution in [0, 0.1) is 5.82 Å². The van der Waals surface area contributed by atoms with E-state index in [4.69, 9.17) is 4.74 Å². The topological polar surface area (TPSA) is 59.1 Å². The second-order valence-corrected chi connectivity index (χ2v) is 6.61. The number of rotatable bonds is 2. The number of anilines is 1. The van der Waals surface area contributed by atoms with Gasteiger partial charge in [-0.05, 0) is 39.0 Å². The molecule has 132 valence electrons. The molecule has 1 saturated heterocycles. The summed E-state index contributed by atoms with van der Waals surface area (Å²) in [7, 11) is 1.21. The molecule has 0 unspecified atom stereocenters. The van der Waals surface area contributed by atoms with Gasteiger partial charge in [-0.1, -0.05) is 0 Å². The van der Waals surface area contributed by atoms with E-state index in [0.717, 1.165) is 0 Å². The van der Waals surface area contributed by atoms with Crippen LogP contribution >= 0.6 is 0 Å². The summed E-state index contributed by atoms with van der Waals surface area (Å²) >= 11 is 0. The van der Waals surface area contributed by atoms with E-state index in [1.165, 1.54) is 19.2 Å². The van der Waals surface area contributed by atoms with E-state index in [0.29, 0.717) is 31.9 Å². The van der Waals surface area contributed by atoms with Gasteiger partial charge in [0.25, 0.3) is 0 Å². The lowest BCUT2D eigenvalue weighted by Crippen LogP contribution is -2.50. The second kappa shape index (κ2) is 7.07. The molecule has 0 bridgehead atoms. The summed E-state index contributed by atoms with van der Waals surface area (Å²) in [4.78, 5) is 27.1. The summed E-state index contributed by atoms with van der Waals surface area (Å²) in [5.41, 5.74) is 0.0544. The smallest absolute Gasteiger partial charge is 0.410 e. The largest absolute Gasteiger partial charge is 0.465 e. The maximum absolute atomic E-state index is 14.0. The highest BCUT2D eigenvalue weighted by Gasteiger charge is 2.26. The van der Waals surface area contributed by atoms with Gasteiger partial charge in [-0.2, -0.15) is 0 Å². The zero-order chi connectivity index (χ0) is 17.9. The SMILES string of the molecule is COC(=O)c1ccc(N2CCN(C(=O)OC(C)(C)C)CC2)cc1F. The van der Waals surface area contributed by atoms with E-state index in [2.05, 4.69) is 4.74 Å². The van der Waals surface area contributed by atoms with E-state index in [9.17, 15) is 14.0 Å². The Hall–Kier alpha value is -2.31. The van der Waals surface area contributed by atoms with E-state index < -0.39 is 17.4 Å². The minimum atomic E-state index is -0.700. The summed E-state index contributed by atoms with van der Waals surface area (Å²) in [6, 6.07) is 4.41. The molecule has 6 nitrogen and oxygen atoms in total. The number of carbonyl (C=O) groups is 2. The molecule has 0 N–H and O–H groups in total. The van der Waals surface area contributed by atoms with Crippen molar-refractivity contribution in [3.05, 3.63) is 29.6 Å². The molecule has 0 saturated carbocycles. The van der Waals surface area contributed by atoms with Crippen LogP contribution in [0.15, 0.2) is 18.2 Å². The highest BCUT2D eigenvalue weighted by molar-refractivity contribution is 5.90. The molecule has 0 aromatic heterocycles. The molecule has 1 aromatic rings. The van der Waals surface area contributed by atoms with Gasteiger partial charge in [0.1, 0.15) is 11.4 Å². The van der Waals surface area contributed by atoms with Crippen LogP contribution < -0.4 is 4.90 Å². The van der Waals surface area contributed by atoms with Crippen LogP contribution in [0.4, 0.5) is 14.9 Å². The molecule has 1 heterocycles. The van der Waals surface area contributed by atoms with E-state index in [1.807, 2.05) is 25.7 Å². The number of hydrogen-bond acceptors (Lipinski definition) is 5. The first-order valence-corrected chi connectivity index (χ1v) is 7.82. The molecule has 0 radical (unpaired) electrons. The van der Waals surface area contributed by atoms with Crippen molar-refractivity contribution in [2.45, 2.75) is 26.4 Å². The van der Waals surface area contributed by atoms with Crippen molar-refractivity contribution < 1.29 is 23.5 Å². The van der Waals surface area contributed by atoms with E-state index >= 15 is 0 Å². The molecule has 7 heteroatoms. The normalized spacial score (nSPS) is 15.2. The fourth-order valence-electron chi connectivity index (χ4n) is 2.45. The van der Waals surface area contributed by atoms with Gasteiger partial charge in [-0.15, -0.1) is 0 Å². The van der Waals surface area contributed by atoms with Crippen molar-refractivity contribution in [3.8, 4) is 0 Å². The Bertz CT molecular complexity index is 620. The van der Waals surface area contributed by atoms with Gasteiger partial charge in [0.15, 0.2) is 0 Å². The van der Waals surface area contributed by atoms with Crippen molar-refractivity contribution in [1.82, 2.24) is 4.90 Å². The van der Waals surface area contributed by atoms with Crippen LogP contribution in [0.1, 0.15) is 31.1 Å². The lowest BCUT2D eigenvalue weighted by Gasteiger charge is -2.36. The number of hydrogen-bond donors (Lipinski definition) is 0. The summed E-state index contributed by atoms with van der Waals surface area (Å²) in [5, 5.41) is 0. The standard InChI is InChI=1S/C17H23FN2O4/c1-17(2,3)24-16(22)20-9-7-19(8-10-20)12-5-6-13(14(18)11-12)15(21)23-4/h5-6,11H,7-10H2,1-4H3. The minimum absolute atomic E-state index is 0.0892. The summed E-state index contributed by atoms with van der Waals surface area (Å²) in [6.07, 6.45) is -0.339. The molecule has 1 amide bonds. The van der Waals surface area contributed by atoms with Crippen LogP contribution in [0.3, 0.4) is 0 Å². The Kier molecular flexibility index (Phi) is 5.31. The Balaban J connectivity index is 1.98. The number of amides is 1. The number of esters is 1. The first-order valence-electron chi connectivity index (χ1n) is 7.82. The number of benzene rings is 1. The quantitative estimate of drug-likeness (QED) is 0.776. The Labute approximate surface area is 141 Å². The predicted octanol–water partition coefficient (Wildman–Crippen LogP) is 2.67. The molecular formula is C17H23FN2O4.